The molecule has 0 saturated carbocycles. The smallest absolute Gasteiger partial charge is 0.226 e. The van der Waals surface area contributed by atoms with Crippen LogP contribution in [0.25, 0.3) is 5.82 Å². The van der Waals surface area contributed by atoms with E-state index in [2.05, 4.69) is 20.6 Å². The van der Waals surface area contributed by atoms with Gasteiger partial charge in [0.05, 0.1) is 5.69 Å². The van der Waals surface area contributed by atoms with Crippen molar-refractivity contribution in [3.05, 3.63) is 63.9 Å². The summed E-state index contributed by atoms with van der Waals surface area (Å²) in [6.45, 7) is 1.75. The zero-order valence-corrected chi connectivity index (χ0v) is 14.3. The molecule has 26 heavy (non-hydrogen) atoms. The highest BCUT2D eigenvalue weighted by molar-refractivity contribution is 6.29. The largest absolute Gasteiger partial charge is 0.310 e. The van der Waals surface area contributed by atoms with Crippen molar-refractivity contribution in [2.24, 2.45) is 0 Å². The Balaban J connectivity index is 1.88. The van der Waals surface area contributed by atoms with Gasteiger partial charge in [0.1, 0.15) is 17.5 Å². The van der Waals surface area contributed by atoms with Crippen LogP contribution in [0.3, 0.4) is 0 Å². The first-order chi connectivity index (χ1) is 12.4. The minimum atomic E-state index is -0.700. The van der Waals surface area contributed by atoms with Crippen molar-refractivity contribution in [2.75, 3.05) is 5.32 Å². The normalized spacial score (nSPS) is 16.3. The molecule has 1 aromatic carbocycles. The van der Waals surface area contributed by atoms with E-state index >= 15 is 0 Å². The number of hydrogen-bond acceptors (Lipinski definition) is 4. The van der Waals surface area contributed by atoms with Crippen LogP contribution < -0.4 is 5.32 Å². The number of hydrogen-bond donors (Lipinski definition) is 1. The maximum atomic E-state index is 14.3. The Bertz CT molecular complexity index is 1020. The SMILES string of the molecule is Cc1nn(-c2ccc(Cl)nn2)c2c1C(c1ccc(F)cc1F)CC(=O)N2. The number of aryl methyl sites for hydroxylation is 1. The lowest BCUT2D eigenvalue weighted by Crippen LogP contribution is -2.25. The summed E-state index contributed by atoms with van der Waals surface area (Å²) in [5.74, 6) is -1.49. The summed E-state index contributed by atoms with van der Waals surface area (Å²) in [7, 11) is 0. The lowest BCUT2D eigenvalue weighted by atomic mass is 9.85. The van der Waals surface area contributed by atoms with Gasteiger partial charge in [-0.05, 0) is 30.7 Å². The lowest BCUT2D eigenvalue weighted by Gasteiger charge is -2.24. The van der Waals surface area contributed by atoms with Crippen LogP contribution in [0.1, 0.15) is 29.2 Å². The quantitative estimate of drug-likeness (QED) is 0.745. The Morgan fingerprint density at radius 3 is 2.73 bits per heavy atom. The molecule has 0 aliphatic carbocycles. The van der Waals surface area contributed by atoms with Gasteiger partial charge in [-0.1, -0.05) is 17.7 Å². The number of amides is 1. The van der Waals surface area contributed by atoms with Crippen molar-refractivity contribution in [3.8, 4) is 5.82 Å². The van der Waals surface area contributed by atoms with Gasteiger partial charge in [-0.25, -0.2) is 8.78 Å². The molecule has 0 spiro atoms. The number of benzene rings is 1. The van der Waals surface area contributed by atoms with E-state index in [-0.39, 0.29) is 23.0 Å². The molecule has 3 heterocycles. The first-order valence-corrected chi connectivity index (χ1v) is 8.15. The van der Waals surface area contributed by atoms with E-state index in [1.807, 2.05) is 0 Å². The summed E-state index contributed by atoms with van der Waals surface area (Å²) in [4.78, 5) is 12.2. The molecule has 1 unspecified atom stereocenters. The third-order valence-electron chi connectivity index (χ3n) is 4.28. The molecule has 0 bridgehead atoms. The van der Waals surface area contributed by atoms with Gasteiger partial charge in [-0.3, -0.25) is 4.79 Å². The third kappa shape index (κ3) is 2.72. The molecular weight excluding hydrogens is 364 g/mol. The van der Waals surface area contributed by atoms with Crippen LogP contribution in [0.2, 0.25) is 5.15 Å². The van der Waals surface area contributed by atoms with Crippen molar-refractivity contribution < 1.29 is 13.6 Å². The summed E-state index contributed by atoms with van der Waals surface area (Å²) in [6, 6.07) is 6.50. The minimum absolute atomic E-state index is 0.0361. The standard InChI is InChI=1S/C17H12ClF2N5O/c1-8-16-11(10-3-2-9(19)6-12(10)20)7-15(26)21-17(16)25(24-8)14-5-4-13(18)22-23-14/h2-6,11H,7H2,1H3,(H,21,26). The second-order valence-corrected chi connectivity index (χ2v) is 6.33. The Morgan fingerprint density at radius 2 is 2.04 bits per heavy atom. The van der Waals surface area contributed by atoms with E-state index in [1.165, 1.54) is 16.8 Å². The van der Waals surface area contributed by atoms with E-state index < -0.39 is 17.6 Å². The molecule has 1 aliphatic heterocycles. The molecule has 1 atom stereocenters. The van der Waals surface area contributed by atoms with Crippen LogP contribution in [0.5, 0.6) is 0 Å². The van der Waals surface area contributed by atoms with E-state index in [4.69, 9.17) is 11.6 Å². The van der Waals surface area contributed by atoms with Gasteiger partial charge in [-0.15, -0.1) is 10.2 Å². The van der Waals surface area contributed by atoms with Gasteiger partial charge in [0, 0.05) is 24.0 Å². The molecular formula is C17H12ClF2N5O. The number of halogens is 3. The Labute approximate surface area is 151 Å². The van der Waals surface area contributed by atoms with E-state index in [0.29, 0.717) is 22.9 Å². The Hall–Kier alpha value is -2.87. The maximum Gasteiger partial charge on any atom is 0.226 e. The molecule has 0 radical (unpaired) electrons. The van der Waals surface area contributed by atoms with E-state index in [1.54, 1.807) is 19.1 Å². The predicted molar refractivity (Wildman–Crippen MR) is 90.3 cm³/mol. The van der Waals surface area contributed by atoms with Crippen molar-refractivity contribution in [1.29, 1.82) is 0 Å². The molecule has 0 saturated heterocycles. The van der Waals surface area contributed by atoms with E-state index in [0.717, 1.165) is 6.07 Å². The number of anilines is 1. The molecule has 0 fully saturated rings. The second-order valence-electron chi connectivity index (χ2n) is 5.94. The number of nitrogens with one attached hydrogen (secondary N) is 1. The summed E-state index contributed by atoms with van der Waals surface area (Å²) in [5, 5.41) is 15.1. The fraction of sp³-hybridized carbons (Fsp3) is 0.176. The summed E-state index contributed by atoms with van der Waals surface area (Å²) in [5.41, 5.74) is 1.50. The topological polar surface area (TPSA) is 72.7 Å². The lowest BCUT2D eigenvalue weighted by molar-refractivity contribution is -0.116. The highest BCUT2D eigenvalue weighted by Crippen LogP contribution is 2.40. The van der Waals surface area contributed by atoms with Gasteiger partial charge in [0.15, 0.2) is 11.0 Å². The molecule has 4 rings (SSSR count). The van der Waals surface area contributed by atoms with Crippen molar-refractivity contribution in [3.63, 3.8) is 0 Å². The fourth-order valence-corrected chi connectivity index (χ4v) is 3.29. The molecule has 1 N–H and O–H groups in total. The number of carbonyl (C=O) groups is 1. The number of aromatic nitrogens is 4. The summed E-state index contributed by atoms with van der Waals surface area (Å²) in [6.07, 6.45) is 0.0361. The number of carbonyl (C=O) groups excluding carboxylic acids is 1. The summed E-state index contributed by atoms with van der Waals surface area (Å²) < 4.78 is 29.0. The fourth-order valence-electron chi connectivity index (χ4n) is 3.18. The highest BCUT2D eigenvalue weighted by Gasteiger charge is 2.34. The molecule has 1 amide bonds. The first-order valence-electron chi connectivity index (χ1n) is 7.78. The molecule has 9 heteroatoms. The minimum Gasteiger partial charge on any atom is -0.310 e. The number of fused-ring (bicyclic) bond motifs is 1. The average Bonchev–Trinajstić information content (AvgIpc) is 2.91. The van der Waals surface area contributed by atoms with Gasteiger partial charge < -0.3 is 5.32 Å². The highest BCUT2D eigenvalue weighted by atomic mass is 35.5. The Kier molecular flexibility index (Phi) is 3.91. The van der Waals surface area contributed by atoms with E-state index in [9.17, 15) is 13.6 Å². The zero-order valence-electron chi connectivity index (χ0n) is 13.5. The molecule has 1 aliphatic rings. The average molecular weight is 376 g/mol. The Morgan fingerprint density at radius 1 is 1.23 bits per heavy atom. The van der Waals surface area contributed by atoms with Crippen LogP contribution in [-0.2, 0) is 4.79 Å². The van der Waals surface area contributed by atoms with Crippen LogP contribution >= 0.6 is 11.6 Å². The molecule has 6 nitrogen and oxygen atoms in total. The van der Waals surface area contributed by atoms with Gasteiger partial charge in [0.2, 0.25) is 5.91 Å². The number of rotatable bonds is 2. The van der Waals surface area contributed by atoms with Crippen molar-refractivity contribution in [2.45, 2.75) is 19.3 Å². The van der Waals surface area contributed by atoms with Crippen LogP contribution in [0.15, 0.2) is 30.3 Å². The summed E-state index contributed by atoms with van der Waals surface area (Å²) >= 11 is 5.76. The number of nitrogens with zero attached hydrogens (tertiary/aromatic N) is 4. The van der Waals surface area contributed by atoms with Crippen LogP contribution in [0.4, 0.5) is 14.6 Å². The maximum absolute atomic E-state index is 14.3. The van der Waals surface area contributed by atoms with Gasteiger partial charge in [-0.2, -0.15) is 9.78 Å². The molecule has 132 valence electrons. The van der Waals surface area contributed by atoms with Crippen LogP contribution in [0, 0.1) is 18.6 Å². The van der Waals surface area contributed by atoms with Crippen molar-refractivity contribution in [1.82, 2.24) is 20.0 Å². The van der Waals surface area contributed by atoms with Gasteiger partial charge >= 0.3 is 0 Å². The monoisotopic (exact) mass is 375 g/mol. The van der Waals surface area contributed by atoms with Gasteiger partial charge in [0.25, 0.3) is 0 Å². The first kappa shape index (κ1) is 16.6. The zero-order chi connectivity index (χ0) is 18.4. The predicted octanol–water partition coefficient (Wildman–Crippen LogP) is 3.38. The second kappa shape index (κ2) is 6.14. The third-order valence-corrected chi connectivity index (χ3v) is 4.48. The molecule has 2 aromatic heterocycles. The van der Waals surface area contributed by atoms with Crippen molar-refractivity contribution >= 4 is 23.3 Å². The molecule has 3 aromatic rings. The van der Waals surface area contributed by atoms with Crippen LogP contribution in [-0.4, -0.2) is 25.9 Å².